The fourth-order valence-electron chi connectivity index (χ4n) is 0.720. The van der Waals surface area contributed by atoms with Crippen molar-refractivity contribution in [3.63, 3.8) is 0 Å². The lowest BCUT2D eigenvalue weighted by atomic mass is 10.1. The third-order valence-electron chi connectivity index (χ3n) is 1.23. The summed E-state index contributed by atoms with van der Waals surface area (Å²) in [4.78, 5) is -0.986. The SMILES string of the molecule is C=C(Cl)/C=C(\C)C(Br)C(C)(F)F. The molecule has 0 spiro atoms. The van der Waals surface area contributed by atoms with E-state index in [2.05, 4.69) is 22.5 Å². The van der Waals surface area contributed by atoms with E-state index < -0.39 is 10.7 Å². The van der Waals surface area contributed by atoms with Gasteiger partial charge < -0.3 is 0 Å². The topological polar surface area (TPSA) is 0 Å². The number of rotatable bonds is 3. The van der Waals surface area contributed by atoms with Gasteiger partial charge in [0.1, 0.15) is 0 Å². The Labute approximate surface area is 84.4 Å². The largest absolute Gasteiger partial charge is 0.261 e. The number of alkyl halides is 3. The van der Waals surface area contributed by atoms with Crippen molar-refractivity contribution in [3.8, 4) is 0 Å². The molecule has 4 heteroatoms. The highest BCUT2D eigenvalue weighted by Crippen LogP contribution is 2.30. The van der Waals surface area contributed by atoms with E-state index in [1.807, 2.05) is 0 Å². The van der Waals surface area contributed by atoms with E-state index in [1.54, 1.807) is 6.92 Å². The van der Waals surface area contributed by atoms with Crippen molar-refractivity contribution in [2.24, 2.45) is 0 Å². The van der Waals surface area contributed by atoms with Gasteiger partial charge in [-0.25, -0.2) is 8.78 Å². The highest BCUT2D eigenvalue weighted by atomic mass is 79.9. The van der Waals surface area contributed by atoms with Gasteiger partial charge in [0.05, 0.1) is 4.83 Å². The smallest absolute Gasteiger partial charge is 0.206 e. The van der Waals surface area contributed by atoms with Crippen LogP contribution in [0, 0.1) is 0 Å². The molecule has 0 aromatic carbocycles. The molecule has 0 saturated carbocycles. The molecule has 0 fully saturated rings. The summed E-state index contributed by atoms with van der Waals surface area (Å²) in [6.45, 7) is 5.80. The highest BCUT2D eigenvalue weighted by Gasteiger charge is 2.32. The van der Waals surface area contributed by atoms with Crippen LogP contribution < -0.4 is 0 Å². The molecule has 0 heterocycles. The van der Waals surface area contributed by atoms with E-state index in [0.717, 1.165) is 6.92 Å². The maximum atomic E-state index is 12.7. The van der Waals surface area contributed by atoms with Gasteiger partial charge in [-0.15, -0.1) is 0 Å². The molecule has 0 aliphatic carbocycles. The summed E-state index contributed by atoms with van der Waals surface area (Å²) in [5.41, 5.74) is 0.461. The molecule has 0 aromatic rings. The van der Waals surface area contributed by atoms with Gasteiger partial charge in [0.15, 0.2) is 0 Å². The van der Waals surface area contributed by atoms with Gasteiger partial charge in [0.25, 0.3) is 5.92 Å². The molecule has 0 aliphatic rings. The predicted octanol–water partition coefficient (Wildman–Crippen LogP) is 4.10. The van der Waals surface area contributed by atoms with Crippen LogP contribution in [0.4, 0.5) is 8.78 Å². The minimum Gasteiger partial charge on any atom is -0.206 e. The molecule has 0 saturated heterocycles. The standard InChI is InChI=1S/C8H10BrClF2/c1-5(4-6(2)10)7(9)8(3,11)12/h4,7H,2H2,1,3H3/b5-4+. The maximum absolute atomic E-state index is 12.7. The highest BCUT2D eigenvalue weighted by molar-refractivity contribution is 9.09. The first-order valence-corrected chi connectivity index (χ1v) is 4.59. The molecule has 0 N–H and O–H groups in total. The van der Waals surface area contributed by atoms with E-state index in [1.165, 1.54) is 6.08 Å². The molecular formula is C8H10BrClF2. The number of hydrogen-bond acceptors (Lipinski definition) is 0. The van der Waals surface area contributed by atoms with Crippen LogP contribution >= 0.6 is 27.5 Å². The van der Waals surface area contributed by atoms with E-state index in [9.17, 15) is 8.78 Å². The second-order valence-corrected chi connectivity index (χ2v) is 4.06. The first kappa shape index (κ1) is 12.1. The summed E-state index contributed by atoms with van der Waals surface area (Å²) in [5, 5.41) is 0.251. The fraction of sp³-hybridized carbons (Fsp3) is 0.500. The molecule has 12 heavy (non-hydrogen) atoms. The van der Waals surface area contributed by atoms with Crippen molar-refractivity contribution in [2.45, 2.75) is 24.6 Å². The summed E-state index contributed by atoms with van der Waals surface area (Å²) < 4.78 is 25.3. The Morgan fingerprint density at radius 2 is 2.08 bits per heavy atom. The average Bonchev–Trinajstić information content (AvgIpc) is 1.82. The number of halogens is 4. The lowest BCUT2D eigenvalue weighted by Gasteiger charge is -2.18. The zero-order valence-electron chi connectivity index (χ0n) is 6.87. The minimum absolute atomic E-state index is 0.251. The molecule has 0 nitrogen and oxygen atoms in total. The Morgan fingerprint density at radius 1 is 1.67 bits per heavy atom. The van der Waals surface area contributed by atoms with Gasteiger partial charge in [-0.2, -0.15) is 0 Å². The monoisotopic (exact) mass is 258 g/mol. The normalized spacial score (nSPS) is 16.0. The Balaban J connectivity index is 4.50. The van der Waals surface area contributed by atoms with Gasteiger partial charge in [-0.1, -0.05) is 39.7 Å². The Kier molecular flexibility index (Phi) is 4.42. The van der Waals surface area contributed by atoms with Gasteiger partial charge in [0.2, 0.25) is 0 Å². The molecule has 0 aromatic heterocycles. The second-order valence-electron chi connectivity index (χ2n) is 2.65. The van der Waals surface area contributed by atoms with E-state index in [4.69, 9.17) is 11.6 Å². The first-order chi connectivity index (χ1) is 5.25. The zero-order chi connectivity index (χ0) is 9.94. The molecular weight excluding hydrogens is 249 g/mol. The van der Waals surface area contributed by atoms with Crippen molar-refractivity contribution in [2.75, 3.05) is 0 Å². The van der Waals surface area contributed by atoms with Crippen LogP contribution in [0.3, 0.4) is 0 Å². The number of hydrogen-bond donors (Lipinski definition) is 0. The van der Waals surface area contributed by atoms with Crippen molar-refractivity contribution in [3.05, 3.63) is 23.3 Å². The van der Waals surface area contributed by atoms with Crippen LogP contribution in [-0.2, 0) is 0 Å². The predicted molar refractivity (Wildman–Crippen MR) is 52.1 cm³/mol. The third kappa shape index (κ3) is 4.21. The minimum atomic E-state index is -2.78. The van der Waals surface area contributed by atoms with Gasteiger partial charge in [-0.05, 0) is 13.0 Å². The van der Waals surface area contributed by atoms with Crippen LogP contribution in [-0.4, -0.2) is 10.7 Å². The van der Waals surface area contributed by atoms with Crippen molar-refractivity contribution in [1.82, 2.24) is 0 Å². The summed E-state index contributed by atoms with van der Waals surface area (Å²) in [5.74, 6) is -2.78. The van der Waals surface area contributed by atoms with E-state index in [-0.39, 0.29) is 5.03 Å². The van der Waals surface area contributed by atoms with Gasteiger partial charge >= 0.3 is 0 Å². The fourth-order valence-corrected chi connectivity index (χ4v) is 1.02. The van der Waals surface area contributed by atoms with E-state index in [0.29, 0.717) is 5.57 Å². The average molecular weight is 260 g/mol. The molecule has 0 amide bonds. The molecule has 0 aliphatic heterocycles. The number of allylic oxidation sites excluding steroid dienone is 3. The van der Waals surface area contributed by atoms with Crippen LogP contribution in [0.2, 0.25) is 0 Å². The first-order valence-electron chi connectivity index (χ1n) is 3.29. The summed E-state index contributed by atoms with van der Waals surface area (Å²) in [7, 11) is 0. The maximum Gasteiger partial charge on any atom is 0.261 e. The molecule has 1 unspecified atom stereocenters. The quantitative estimate of drug-likeness (QED) is 0.529. The zero-order valence-corrected chi connectivity index (χ0v) is 9.22. The second kappa shape index (κ2) is 4.38. The van der Waals surface area contributed by atoms with Gasteiger partial charge in [-0.3, -0.25) is 0 Å². The molecule has 0 bridgehead atoms. The summed E-state index contributed by atoms with van der Waals surface area (Å²) in [6.07, 6.45) is 1.42. The Morgan fingerprint density at radius 3 is 2.33 bits per heavy atom. The Bertz CT molecular complexity index is 206. The summed E-state index contributed by atoms with van der Waals surface area (Å²) in [6, 6.07) is 0. The Hall–Kier alpha value is 0.110. The molecule has 70 valence electrons. The lowest BCUT2D eigenvalue weighted by Crippen LogP contribution is -2.25. The van der Waals surface area contributed by atoms with E-state index >= 15 is 0 Å². The summed E-state index contributed by atoms with van der Waals surface area (Å²) >= 11 is 8.30. The van der Waals surface area contributed by atoms with Crippen LogP contribution in [0.25, 0.3) is 0 Å². The van der Waals surface area contributed by atoms with Gasteiger partial charge in [0, 0.05) is 12.0 Å². The molecule has 0 radical (unpaired) electrons. The van der Waals surface area contributed by atoms with Crippen molar-refractivity contribution in [1.29, 1.82) is 0 Å². The molecule has 1 atom stereocenters. The molecule has 0 rings (SSSR count). The van der Waals surface area contributed by atoms with Crippen LogP contribution in [0.5, 0.6) is 0 Å². The third-order valence-corrected chi connectivity index (χ3v) is 2.86. The lowest BCUT2D eigenvalue weighted by molar-refractivity contribution is 0.0304. The van der Waals surface area contributed by atoms with Crippen molar-refractivity contribution >= 4 is 27.5 Å². The van der Waals surface area contributed by atoms with Crippen LogP contribution in [0.1, 0.15) is 13.8 Å². The van der Waals surface area contributed by atoms with Crippen LogP contribution in [0.15, 0.2) is 23.3 Å². The van der Waals surface area contributed by atoms with Crippen molar-refractivity contribution < 1.29 is 8.78 Å².